The fraction of sp³-hybridized carbons (Fsp3) is 0.476. The molecule has 0 spiro atoms. The summed E-state index contributed by atoms with van der Waals surface area (Å²) in [6.07, 6.45) is 8.76. The third-order valence-electron chi connectivity index (χ3n) is 6.49. The summed E-state index contributed by atoms with van der Waals surface area (Å²) in [5, 5.41) is 10.5. The van der Waals surface area contributed by atoms with Gasteiger partial charge in [0.05, 0.1) is 5.69 Å². The van der Waals surface area contributed by atoms with Gasteiger partial charge in [-0.05, 0) is 91.5 Å². The molecular weight excluding hydrogens is 282 g/mol. The highest BCUT2D eigenvalue weighted by molar-refractivity contribution is 5.62. The summed E-state index contributed by atoms with van der Waals surface area (Å²) in [7, 11) is 0. The van der Waals surface area contributed by atoms with Gasteiger partial charge in [0, 0.05) is 17.8 Å². The van der Waals surface area contributed by atoms with Crippen molar-refractivity contribution in [3.8, 4) is 17.0 Å². The summed E-state index contributed by atoms with van der Waals surface area (Å²) in [5.41, 5.74) is 3.11. The Bertz CT molecular complexity index is 696. The van der Waals surface area contributed by atoms with E-state index in [9.17, 15) is 5.11 Å². The standard InChI is InChI=1S/C21H22NO/c23-20-5-4-15(19-3-1-2-6-22-19)12-18(20)21-16-8-13-7-14(10-16)11-17(21)9-13/h1-2,4-6,12-14,16-17,21,23H,7-11H2. The summed E-state index contributed by atoms with van der Waals surface area (Å²) in [6, 6.07) is 13.0. The largest absolute Gasteiger partial charge is 0.508 e. The van der Waals surface area contributed by atoms with E-state index in [1.165, 1.54) is 32.1 Å². The van der Waals surface area contributed by atoms with Gasteiger partial charge in [0.2, 0.25) is 0 Å². The number of benzene rings is 1. The smallest absolute Gasteiger partial charge is 0.119 e. The molecule has 1 N–H and O–H groups in total. The van der Waals surface area contributed by atoms with Crippen LogP contribution in [0.15, 0.2) is 36.5 Å². The van der Waals surface area contributed by atoms with Crippen LogP contribution in [-0.4, -0.2) is 10.1 Å². The van der Waals surface area contributed by atoms with Gasteiger partial charge in [-0.1, -0.05) is 6.07 Å². The molecule has 23 heavy (non-hydrogen) atoms. The van der Waals surface area contributed by atoms with Crippen molar-refractivity contribution in [1.29, 1.82) is 0 Å². The second-order valence-corrected chi connectivity index (χ2v) is 7.86. The molecule has 2 aromatic rings. The van der Waals surface area contributed by atoms with E-state index in [1.807, 2.05) is 24.3 Å². The average Bonchev–Trinajstić information content (AvgIpc) is 2.56. The molecule has 117 valence electrons. The van der Waals surface area contributed by atoms with Crippen LogP contribution in [0.5, 0.6) is 5.75 Å². The van der Waals surface area contributed by atoms with Crippen molar-refractivity contribution in [2.45, 2.75) is 38.0 Å². The first-order valence-electron chi connectivity index (χ1n) is 8.94. The van der Waals surface area contributed by atoms with E-state index in [2.05, 4.69) is 17.1 Å². The SMILES string of the molecule is Oc1ccc(-c2[c]cccn2)cc1C1C2CC3CC(C2)CC1C3. The van der Waals surface area contributed by atoms with E-state index in [-0.39, 0.29) is 0 Å². The van der Waals surface area contributed by atoms with Gasteiger partial charge in [-0.3, -0.25) is 4.98 Å². The number of phenols is 1. The molecule has 4 aliphatic rings. The number of phenolic OH excluding ortho intramolecular Hbond substituents is 1. The molecule has 2 nitrogen and oxygen atoms in total. The maximum atomic E-state index is 10.5. The maximum absolute atomic E-state index is 10.5. The molecule has 4 fully saturated rings. The molecule has 0 unspecified atom stereocenters. The first kappa shape index (κ1) is 13.6. The van der Waals surface area contributed by atoms with Crippen molar-refractivity contribution in [2.75, 3.05) is 0 Å². The molecule has 1 heterocycles. The Labute approximate surface area is 137 Å². The minimum atomic E-state index is 0.474. The van der Waals surface area contributed by atoms with Crippen LogP contribution in [0.3, 0.4) is 0 Å². The highest BCUT2D eigenvalue weighted by Crippen LogP contribution is 2.60. The molecule has 0 aliphatic heterocycles. The van der Waals surface area contributed by atoms with Crippen LogP contribution in [0.1, 0.15) is 43.6 Å². The number of hydrogen-bond acceptors (Lipinski definition) is 2. The lowest BCUT2D eigenvalue weighted by atomic mass is 9.50. The Kier molecular flexibility index (Phi) is 3.01. The lowest BCUT2D eigenvalue weighted by Gasteiger charge is -2.54. The van der Waals surface area contributed by atoms with Gasteiger partial charge in [-0.2, -0.15) is 0 Å². The van der Waals surface area contributed by atoms with Crippen LogP contribution in [0, 0.1) is 29.7 Å². The Morgan fingerprint density at radius 2 is 1.74 bits per heavy atom. The van der Waals surface area contributed by atoms with Crippen LogP contribution in [0.2, 0.25) is 0 Å². The van der Waals surface area contributed by atoms with E-state index in [4.69, 9.17) is 0 Å². The van der Waals surface area contributed by atoms with E-state index in [0.717, 1.165) is 40.5 Å². The molecular formula is C21H22NO. The first-order chi connectivity index (χ1) is 11.3. The molecule has 1 aromatic heterocycles. The van der Waals surface area contributed by atoms with E-state index in [1.54, 1.807) is 6.20 Å². The van der Waals surface area contributed by atoms with Gasteiger partial charge in [-0.25, -0.2) is 0 Å². The van der Waals surface area contributed by atoms with Crippen LogP contribution in [0.4, 0.5) is 0 Å². The monoisotopic (exact) mass is 304 g/mol. The number of rotatable bonds is 2. The van der Waals surface area contributed by atoms with Crippen LogP contribution < -0.4 is 0 Å². The lowest BCUT2D eigenvalue weighted by Crippen LogP contribution is -2.43. The maximum Gasteiger partial charge on any atom is 0.119 e. The second-order valence-electron chi connectivity index (χ2n) is 7.86. The van der Waals surface area contributed by atoms with Gasteiger partial charge in [0.1, 0.15) is 5.75 Å². The van der Waals surface area contributed by atoms with Crippen LogP contribution in [0.25, 0.3) is 11.3 Å². The number of aromatic nitrogens is 1. The fourth-order valence-electron chi connectivity index (χ4n) is 5.88. The number of hydrogen-bond donors (Lipinski definition) is 1. The zero-order valence-corrected chi connectivity index (χ0v) is 13.3. The zero-order chi connectivity index (χ0) is 15.4. The third kappa shape index (κ3) is 2.19. The molecule has 1 radical (unpaired) electrons. The number of aromatic hydroxyl groups is 1. The summed E-state index contributed by atoms with van der Waals surface area (Å²) in [4.78, 5) is 4.42. The molecule has 6 rings (SSSR count). The molecule has 0 amide bonds. The second kappa shape index (κ2) is 5.09. The summed E-state index contributed by atoms with van der Waals surface area (Å²) < 4.78 is 0. The zero-order valence-electron chi connectivity index (χ0n) is 13.3. The predicted octanol–water partition coefficient (Wildman–Crippen LogP) is 4.79. The topological polar surface area (TPSA) is 33.1 Å². The van der Waals surface area contributed by atoms with Crippen molar-refractivity contribution < 1.29 is 5.11 Å². The van der Waals surface area contributed by atoms with Crippen molar-refractivity contribution in [3.63, 3.8) is 0 Å². The lowest BCUT2D eigenvalue weighted by molar-refractivity contribution is -0.00345. The average molecular weight is 304 g/mol. The minimum absolute atomic E-state index is 0.474. The Morgan fingerprint density at radius 3 is 2.39 bits per heavy atom. The van der Waals surface area contributed by atoms with Crippen molar-refractivity contribution >= 4 is 0 Å². The normalized spacial score (nSPS) is 34.7. The molecule has 1 aromatic carbocycles. The molecule has 4 aliphatic carbocycles. The summed E-state index contributed by atoms with van der Waals surface area (Å²) in [5.74, 6) is 4.50. The van der Waals surface area contributed by atoms with Crippen molar-refractivity contribution in [2.24, 2.45) is 23.7 Å². The number of pyridine rings is 1. The molecule has 0 atom stereocenters. The highest BCUT2D eigenvalue weighted by atomic mass is 16.3. The fourth-order valence-corrected chi connectivity index (χ4v) is 5.88. The predicted molar refractivity (Wildman–Crippen MR) is 90.0 cm³/mol. The minimum Gasteiger partial charge on any atom is -0.508 e. The Morgan fingerprint density at radius 1 is 1.00 bits per heavy atom. The van der Waals surface area contributed by atoms with Gasteiger partial charge in [-0.15, -0.1) is 0 Å². The van der Waals surface area contributed by atoms with Gasteiger partial charge in [0.25, 0.3) is 0 Å². The summed E-state index contributed by atoms with van der Waals surface area (Å²) >= 11 is 0. The van der Waals surface area contributed by atoms with Gasteiger partial charge < -0.3 is 5.11 Å². The third-order valence-corrected chi connectivity index (χ3v) is 6.49. The van der Waals surface area contributed by atoms with E-state index < -0.39 is 0 Å². The first-order valence-corrected chi connectivity index (χ1v) is 8.94. The summed E-state index contributed by atoms with van der Waals surface area (Å²) in [6.45, 7) is 0. The van der Waals surface area contributed by atoms with Crippen molar-refractivity contribution in [1.82, 2.24) is 4.98 Å². The van der Waals surface area contributed by atoms with Crippen molar-refractivity contribution in [3.05, 3.63) is 48.2 Å². The Balaban J connectivity index is 1.55. The number of nitrogens with zero attached hydrogens (tertiary/aromatic N) is 1. The molecule has 2 heteroatoms. The van der Waals surface area contributed by atoms with E-state index in [0.29, 0.717) is 11.7 Å². The molecule has 4 saturated carbocycles. The quantitative estimate of drug-likeness (QED) is 0.865. The molecule has 4 bridgehead atoms. The Hall–Kier alpha value is -1.83. The van der Waals surface area contributed by atoms with Crippen LogP contribution in [-0.2, 0) is 0 Å². The highest BCUT2D eigenvalue weighted by Gasteiger charge is 2.49. The van der Waals surface area contributed by atoms with Crippen LogP contribution >= 0.6 is 0 Å². The van der Waals surface area contributed by atoms with E-state index >= 15 is 0 Å². The molecule has 0 saturated heterocycles. The van der Waals surface area contributed by atoms with Gasteiger partial charge in [0.15, 0.2) is 0 Å². The van der Waals surface area contributed by atoms with Gasteiger partial charge >= 0.3 is 0 Å².